The minimum Gasteiger partial charge on any atom is -0.443 e. The van der Waals surface area contributed by atoms with Gasteiger partial charge in [0.15, 0.2) is 0 Å². The highest BCUT2D eigenvalue weighted by Gasteiger charge is 2.31. The van der Waals surface area contributed by atoms with E-state index < -0.39 is 23.4 Å². The van der Waals surface area contributed by atoms with E-state index in [2.05, 4.69) is 15.9 Å². The van der Waals surface area contributed by atoms with E-state index in [1.807, 2.05) is 25.1 Å². The largest absolute Gasteiger partial charge is 0.443 e. The lowest BCUT2D eigenvalue weighted by atomic mass is 10.1. The first kappa shape index (κ1) is 20.5. The van der Waals surface area contributed by atoms with E-state index in [-0.39, 0.29) is 6.54 Å². The molecule has 0 spiro atoms. The molecule has 0 atom stereocenters. The van der Waals surface area contributed by atoms with Crippen LogP contribution in [0.3, 0.4) is 0 Å². The van der Waals surface area contributed by atoms with Gasteiger partial charge in [-0.15, -0.1) is 0 Å². The minimum atomic E-state index is -0.728. The van der Waals surface area contributed by atoms with Crippen molar-refractivity contribution in [3.05, 3.63) is 33.8 Å². The zero-order valence-electron chi connectivity index (χ0n) is 15.4. The van der Waals surface area contributed by atoms with Gasteiger partial charge in [0.2, 0.25) is 0 Å². The first-order valence-electron chi connectivity index (χ1n) is 7.77. The SMILES string of the molecule is Cc1ccc(CN(C(=O)OC(C)(C)C)C(=O)OC(C)(C)C)cc1Br. The molecular weight excluding hydrogens is 374 g/mol. The highest BCUT2D eigenvalue weighted by molar-refractivity contribution is 9.10. The number of benzene rings is 1. The summed E-state index contributed by atoms with van der Waals surface area (Å²) >= 11 is 3.46. The Balaban J connectivity index is 3.05. The quantitative estimate of drug-likeness (QED) is 0.664. The number of hydrogen-bond acceptors (Lipinski definition) is 4. The third-order valence-corrected chi connectivity index (χ3v) is 3.66. The van der Waals surface area contributed by atoms with E-state index in [1.165, 1.54) is 0 Å². The van der Waals surface area contributed by atoms with Crippen molar-refractivity contribution in [2.45, 2.75) is 66.2 Å². The van der Waals surface area contributed by atoms with Gasteiger partial charge in [0.1, 0.15) is 11.2 Å². The summed E-state index contributed by atoms with van der Waals surface area (Å²) in [6.07, 6.45) is -1.46. The number of rotatable bonds is 2. The van der Waals surface area contributed by atoms with E-state index >= 15 is 0 Å². The van der Waals surface area contributed by atoms with E-state index in [1.54, 1.807) is 41.5 Å². The van der Waals surface area contributed by atoms with Gasteiger partial charge < -0.3 is 9.47 Å². The fourth-order valence-electron chi connectivity index (χ4n) is 1.75. The van der Waals surface area contributed by atoms with Crippen LogP contribution in [-0.2, 0) is 16.0 Å². The van der Waals surface area contributed by atoms with Crippen LogP contribution in [0.2, 0.25) is 0 Å². The van der Waals surface area contributed by atoms with Gasteiger partial charge in [-0.2, -0.15) is 0 Å². The Morgan fingerprint density at radius 3 is 1.83 bits per heavy atom. The summed E-state index contributed by atoms with van der Waals surface area (Å²) < 4.78 is 11.6. The van der Waals surface area contributed by atoms with E-state index in [4.69, 9.17) is 9.47 Å². The lowest BCUT2D eigenvalue weighted by Crippen LogP contribution is -2.43. The third kappa shape index (κ3) is 6.91. The van der Waals surface area contributed by atoms with Crippen molar-refractivity contribution in [1.29, 1.82) is 0 Å². The van der Waals surface area contributed by atoms with Crippen LogP contribution in [0, 0.1) is 6.92 Å². The molecule has 6 heteroatoms. The fourth-order valence-corrected chi connectivity index (χ4v) is 2.18. The molecule has 134 valence electrons. The summed E-state index contributed by atoms with van der Waals surface area (Å²) in [7, 11) is 0. The number of amides is 2. The van der Waals surface area contributed by atoms with Crippen LogP contribution in [0.1, 0.15) is 52.7 Å². The second-order valence-corrected chi connectivity index (χ2v) is 8.48. The Morgan fingerprint density at radius 1 is 1.00 bits per heavy atom. The van der Waals surface area contributed by atoms with Gasteiger partial charge in [0.05, 0.1) is 6.54 Å². The first-order valence-corrected chi connectivity index (χ1v) is 8.56. The molecule has 0 aliphatic rings. The smallest absolute Gasteiger partial charge is 0.420 e. The maximum absolute atomic E-state index is 12.4. The van der Waals surface area contributed by atoms with Crippen LogP contribution in [0.4, 0.5) is 9.59 Å². The molecule has 0 heterocycles. The molecule has 0 fully saturated rings. The van der Waals surface area contributed by atoms with Gasteiger partial charge >= 0.3 is 12.2 Å². The van der Waals surface area contributed by atoms with Crippen molar-refractivity contribution in [1.82, 2.24) is 4.90 Å². The molecule has 0 saturated carbocycles. The van der Waals surface area contributed by atoms with Crippen LogP contribution in [0.5, 0.6) is 0 Å². The van der Waals surface area contributed by atoms with Crippen LogP contribution >= 0.6 is 15.9 Å². The molecule has 0 bridgehead atoms. The highest BCUT2D eigenvalue weighted by atomic mass is 79.9. The predicted molar refractivity (Wildman–Crippen MR) is 96.9 cm³/mol. The first-order chi connectivity index (χ1) is 10.8. The summed E-state index contributed by atoms with van der Waals surface area (Å²) in [6.45, 7) is 12.5. The molecular formula is C18H26BrNO4. The molecule has 1 rings (SSSR count). The van der Waals surface area contributed by atoms with E-state index in [0.717, 1.165) is 20.5 Å². The third-order valence-electron chi connectivity index (χ3n) is 2.80. The Labute approximate surface area is 152 Å². The summed E-state index contributed by atoms with van der Waals surface area (Å²) in [4.78, 5) is 25.8. The lowest BCUT2D eigenvalue weighted by molar-refractivity contribution is -0.000246. The van der Waals surface area contributed by atoms with Crippen LogP contribution in [0.15, 0.2) is 22.7 Å². The van der Waals surface area contributed by atoms with Crippen LogP contribution in [0.25, 0.3) is 0 Å². The molecule has 0 aromatic heterocycles. The maximum atomic E-state index is 12.4. The summed E-state index contributed by atoms with van der Waals surface area (Å²) in [6, 6.07) is 5.65. The van der Waals surface area contributed by atoms with Crippen molar-refractivity contribution in [2.75, 3.05) is 0 Å². The summed E-state index contributed by atoms with van der Waals surface area (Å²) in [5, 5.41) is 0. The Morgan fingerprint density at radius 2 is 1.46 bits per heavy atom. The zero-order valence-corrected chi connectivity index (χ0v) is 17.0. The molecule has 2 amide bonds. The number of carbonyl (C=O) groups is 2. The number of carbonyl (C=O) groups excluding carboxylic acids is 2. The molecule has 0 aliphatic heterocycles. The average molecular weight is 400 g/mol. The van der Waals surface area contributed by atoms with Crippen molar-refractivity contribution in [2.24, 2.45) is 0 Å². The van der Waals surface area contributed by atoms with Crippen molar-refractivity contribution in [3.63, 3.8) is 0 Å². The summed E-state index contributed by atoms with van der Waals surface area (Å²) in [5.74, 6) is 0. The summed E-state index contributed by atoms with van der Waals surface area (Å²) in [5.41, 5.74) is 0.459. The van der Waals surface area contributed by atoms with Crippen molar-refractivity contribution >= 4 is 28.1 Å². The Hall–Kier alpha value is -1.56. The van der Waals surface area contributed by atoms with Gasteiger partial charge in [0, 0.05) is 4.47 Å². The molecule has 0 saturated heterocycles. The van der Waals surface area contributed by atoms with Gasteiger partial charge in [0.25, 0.3) is 0 Å². The monoisotopic (exact) mass is 399 g/mol. The standard InChI is InChI=1S/C18H26BrNO4/c1-12-8-9-13(10-14(12)19)11-20(15(21)23-17(2,3)4)16(22)24-18(5,6)7/h8-10H,11H2,1-7H3. The van der Waals surface area contributed by atoms with Crippen LogP contribution in [-0.4, -0.2) is 28.3 Å². The van der Waals surface area contributed by atoms with Crippen molar-refractivity contribution in [3.8, 4) is 0 Å². The highest BCUT2D eigenvalue weighted by Crippen LogP contribution is 2.21. The molecule has 5 nitrogen and oxygen atoms in total. The number of nitrogens with zero attached hydrogens (tertiary/aromatic N) is 1. The topological polar surface area (TPSA) is 55.8 Å². The predicted octanol–water partition coefficient (Wildman–Crippen LogP) is 5.43. The molecule has 1 aromatic carbocycles. The number of aryl methyl sites for hydroxylation is 1. The Kier molecular flexibility index (Phi) is 6.45. The second-order valence-electron chi connectivity index (χ2n) is 7.63. The fraction of sp³-hybridized carbons (Fsp3) is 0.556. The normalized spacial score (nSPS) is 11.8. The molecule has 0 radical (unpaired) electrons. The van der Waals surface area contributed by atoms with E-state index in [9.17, 15) is 9.59 Å². The van der Waals surface area contributed by atoms with Gasteiger partial charge in [-0.05, 0) is 65.7 Å². The van der Waals surface area contributed by atoms with Gasteiger partial charge in [-0.3, -0.25) is 0 Å². The number of ether oxygens (including phenoxy) is 2. The van der Waals surface area contributed by atoms with Gasteiger partial charge in [-0.25, -0.2) is 14.5 Å². The van der Waals surface area contributed by atoms with E-state index in [0.29, 0.717) is 0 Å². The maximum Gasteiger partial charge on any atom is 0.420 e. The number of halogens is 1. The minimum absolute atomic E-state index is 0.0721. The average Bonchev–Trinajstić information content (AvgIpc) is 2.35. The second kappa shape index (κ2) is 7.55. The van der Waals surface area contributed by atoms with Crippen LogP contribution < -0.4 is 0 Å². The number of imide groups is 1. The van der Waals surface area contributed by atoms with Gasteiger partial charge in [-0.1, -0.05) is 28.1 Å². The molecule has 0 N–H and O–H groups in total. The Bertz CT molecular complexity index is 586. The molecule has 0 aliphatic carbocycles. The molecule has 0 unspecified atom stereocenters. The molecule has 1 aromatic rings. The zero-order chi connectivity index (χ0) is 18.7. The number of hydrogen-bond donors (Lipinski definition) is 0. The lowest BCUT2D eigenvalue weighted by Gasteiger charge is -2.28. The van der Waals surface area contributed by atoms with Crippen molar-refractivity contribution < 1.29 is 19.1 Å². The molecule has 24 heavy (non-hydrogen) atoms.